The van der Waals surface area contributed by atoms with Crippen LogP contribution in [0.15, 0.2) is 70.6 Å². The van der Waals surface area contributed by atoms with Gasteiger partial charge < -0.3 is 5.11 Å². The Kier molecular flexibility index (Phi) is 4.15. The summed E-state index contributed by atoms with van der Waals surface area (Å²) in [7, 11) is 0. The summed E-state index contributed by atoms with van der Waals surface area (Å²) in [5.41, 5.74) is 4.33. The van der Waals surface area contributed by atoms with Gasteiger partial charge in [0.25, 0.3) is 5.56 Å². The van der Waals surface area contributed by atoms with Gasteiger partial charge in [0.15, 0.2) is 0 Å². The number of aromatic nitrogens is 2. The normalized spacial score (nSPS) is 10.8. The molecule has 0 spiro atoms. The van der Waals surface area contributed by atoms with Gasteiger partial charge in [-0.2, -0.15) is 5.10 Å². The molecule has 0 aliphatic carbocycles. The third-order valence-electron chi connectivity index (χ3n) is 3.12. The second kappa shape index (κ2) is 6.57. The molecule has 0 unspecified atom stereocenters. The van der Waals surface area contributed by atoms with Crippen molar-refractivity contribution in [2.75, 3.05) is 5.43 Å². The number of benzene rings is 2. The summed E-state index contributed by atoms with van der Waals surface area (Å²) in [5.74, 6) is 0.348. The van der Waals surface area contributed by atoms with Crippen LogP contribution in [0, 0.1) is 0 Å². The van der Waals surface area contributed by atoms with Crippen molar-refractivity contribution < 1.29 is 5.11 Å². The van der Waals surface area contributed by atoms with Crippen molar-refractivity contribution in [2.24, 2.45) is 5.10 Å². The number of hydrogen-bond donors (Lipinski definition) is 3. The lowest BCUT2D eigenvalue weighted by Gasteiger charge is -2.03. The van der Waals surface area contributed by atoms with Gasteiger partial charge in [0.1, 0.15) is 5.75 Å². The van der Waals surface area contributed by atoms with Crippen molar-refractivity contribution >= 4 is 12.2 Å². The van der Waals surface area contributed by atoms with Crippen molar-refractivity contribution in [1.82, 2.24) is 9.97 Å². The molecular weight excluding hydrogens is 292 g/mol. The summed E-state index contributed by atoms with van der Waals surface area (Å²) in [6.45, 7) is 0. The van der Waals surface area contributed by atoms with Gasteiger partial charge in [-0.1, -0.05) is 42.5 Å². The number of nitrogens with one attached hydrogen (secondary N) is 2. The molecule has 0 saturated heterocycles. The molecule has 0 fully saturated rings. The highest BCUT2D eigenvalue weighted by Crippen LogP contribution is 2.15. The number of aromatic amines is 1. The van der Waals surface area contributed by atoms with Crippen molar-refractivity contribution in [3.63, 3.8) is 0 Å². The van der Waals surface area contributed by atoms with E-state index in [1.165, 1.54) is 12.3 Å². The Labute approximate surface area is 132 Å². The molecule has 0 amide bonds. The molecule has 1 heterocycles. The molecule has 3 N–H and O–H groups in total. The molecule has 0 aliphatic rings. The van der Waals surface area contributed by atoms with Crippen molar-refractivity contribution in [2.45, 2.75) is 0 Å². The Hall–Kier alpha value is -3.41. The van der Waals surface area contributed by atoms with Gasteiger partial charge in [-0.25, -0.2) is 10.4 Å². The summed E-state index contributed by atoms with van der Waals surface area (Å²) in [6, 6.07) is 17.6. The number of phenols is 1. The maximum Gasteiger partial charge on any atom is 0.252 e. The molecule has 114 valence electrons. The van der Waals surface area contributed by atoms with E-state index in [0.29, 0.717) is 11.3 Å². The van der Waals surface area contributed by atoms with Crippen LogP contribution in [0.4, 0.5) is 5.95 Å². The smallest absolute Gasteiger partial charge is 0.252 e. The average molecular weight is 306 g/mol. The average Bonchev–Trinajstić information content (AvgIpc) is 2.57. The fraction of sp³-hybridized carbons (Fsp3) is 0. The van der Waals surface area contributed by atoms with Crippen LogP contribution in [0.2, 0.25) is 0 Å². The first-order chi connectivity index (χ1) is 11.2. The zero-order chi connectivity index (χ0) is 16.1. The van der Waals surface area contributed by atoms with Gasteiger partial charge in [0.2, 0.25) is 5.95 Å². The number of anilines is 1. The van der Waals surface area contributed by atoms with Crippen LogP contribution in [0.5, 0.6) is 5.75 Å². The van der Waals surface area contributed by atoms with Crippen LogP contribution in [-0.2, 0) is 0 Å². The van der Waals surface area contributed by atoms with E-state index in [0.717, 1.165) is 5.56 Å². The van der Waals surface area contributed by atoms with E-state index in [2.05, 4.69) is 20.5 Å². The molecule has 0 radical (unpaired) electrons. The highest BCUT2D eigenvalue weighted by molar-refractivity contribution is 5.83. The Morgan fingerprint density at radius 3 is 2.61 bits per heavy atom. The van der Waals surface area contributed by atoms with Crippen LogP contribution in [-0.4, -0.2) is 21.3 Å². The van der Waals surface area contributed by atoms with Crippen LogP contribution < -0.4 is 11.0 Å². The Bertz CT molecular complexity index is 888. The first-order valence-corrected chi connectivity index (χ1v) is 6.96. The number of phenolic OH excluding ortho intramolecular Hbond substituents is 1. The fourth-order valence-corrected chi connectivity index (χ4v) is 2.03. The molecule has 6 heteroatoms. The fourth-order valence-electron chi connectivity index (χ4n) is 2.03. The minimum Gasteiger partial charge on any atom is -0.507 e. The molecule has 3 rings (SSSR count). The molecule has 0 aliphatic heterocycles. The second-order valence-corrected chi connectivity index (χ2v) is 4.77. The Morgan fingerprint density at radius 2 is 1.83 bits per heavy atom. The molecule has 6 nitrogen and oxygen atoms in total. The monoisotopic (exact) mass is 306 g/mol. The van der Waals surface area contributed by atoms with E-state index in [-0.39, 0.29) is 17.3 Å². The maximum absolute atomic E-state index is 11.7. The Morgan fingerprint density at radius 1 is 1.09 bits per heavy atom. The summed E-state index contributed by atoms with van der Waals surface area (Å²) in [4.78, 5) is 18.6. The van der Waals surface area contributed by atoms with Crippen LogP contribution in [0.3, 0.4) is 0 Å². The number of H-pyrrole nitrogens is 1. The molecule has 2 aromatic carbocycles. The van der Waals surface area contributed by atoms with Gasteiger partial charge in [-0.15, -0.1) is 0 Å². The third kappa shape index (κ3) is 3.62. The molecular formula is C17H14N4O2. The lowest BCUT2D eigenvalue weighted by molar-refractivity contribution is 0.474. The number of hydrogen-bond acceptors (Lipinski definition) is 5. The lowest BCUT2D eigenvalue weighted by atomic mass is 10.1. The third-order valence-corrected chi connectivity index (χ3v) is 3.12. The minimum absolute atomic E-state index is 0.123. The number of nitrogens with zero attached hydrogens (tertiary/aromatic N) is 2. The first kappa shape index (κ1) is 14.5. The number of rotatable bonds is 4. The topological polar surface area (TPSA) is 90.4 Å². The maximum atomic E-state index is 11.7. The van der Waals surface area contributed by atoms with E-state index >= 15 is 0 Å². The Balaban J connectivity index is 1.83. The van der Waals surface area contributed by atoms with E-state index in [9.17, 15) is 9.90 Å². The largest absolute Gasteiger partial charge is 0.507 e. The summed E-state index contributed by atoms with van der Waals surface area (Å²) < 4.78 is 0. The summed E-state index contributed by atoms with van der Waals surface area (Å²) in [5, 5.41) is 13.6. The van der Waals surface area contributed by atoms with Gasteiger partial charge in [0, 0.05) is 17.2 Å². The van der Waals surface area contributed by atoms with E-state index in [1.807, 2.05) is 30.3 Å². The van der Waals surface area contributed by atoms with Gasteiger partial charge in [0.05, 0.1) is 11.9 Å². The summed E-state index contributed by atoms with van der Waals surface area (Å²) in [6.07, 6.45) is 1.45. The van der Waals surface area contributed by atoms with Crippen molar-refractivity contribution in [3.8, 4) is 17.0 Å². The standard InChI is InChI=1S/C17H14N4O2/c22-15-9-5-4-8-13(15)11-18-21-17-19-14(10-16(23)20-17)12-6-2-1-3-7-12/h1-11,22H,(H2,19,20,21,23)/b18-11+. The molecule has 23 heavy (non-hydrogen) atoms. The predicted molar refractivity (Wildman–Crippen MR) is 89.6 cm³/mol. The van der Waals surface area contributed by atoms with Crippen molar-refractivity contribution in [1.29, 1.82) is 0 Å². The van der Waals surface area contributed by atoms with Crippen LogP contribution in [0.1, 0.15) is 5.56 Å². The number of para-hydroxylation sites is 1. The lowest BCUT2D eigenvalue weighted by Crippen LogP contribution is -2.10. The van der Waals surface area contributed by atoms with Crippen molar-refractivity contribution in [3.05, 3.63) is 76.6 Å². The van der Waals surface area contributed by atoms with Crippen LogP contribution >= 0.6 is 0 Å². The zero-order valence-corrected chi connectivity index (χ0v) is 12.1. The molecule has 3 aromatic rings. The number of aromatic hydroxyl groups is 1. The second-order valence-electron chi connectivity index (χ2n) is 4.77. The first-order valence-electron chi connectivity index (χ1n) is 6.96. The molecule has 1 aromatic heterocycles. The molecule has 0 atom stereocenters. The van der Waals surface area contributed by atoms with Gasteiger partial charge in [-0.3, -0.25) is 9.78 Å². The highest BCUT2D eigenvalue weighted by atomic mass is 16.3. The SMILES string of the molecule is O=c1cc(-c2ccccc2)nc(N/N=C/c2ccccc2O)[nH]1. The highest BCUT2D eigenvalue weighted by Gasteiger charge is 2.03. The predicted octanol–water partition coefficient (Wildman–Crippen LogP) is 2.59. The van der Waals surface area contributed by atoms with Gasteiger partial charge >= 0.3 is 0 Å². The van der Waals surface area contributed by atoms with E-state index in [4.69, 9.17) is 0 Å². The summed E-state index contributed by atoms with van der Waals surface area (Å²) >= 11 is 0. The zero-order valence-electron chi connectivity index (χ0n) is 12.1. The van der Waals surface area contributed by atoms with Gasteiger partial charge in [-0.05, 0) is 12.1 Å². The van der Waals surface area contributed by atoms with E-state index < -0.39 is 0 Å². The number of hydrazone groups is 1. The molecule has 0 bridgehead atoms. The molecule has 0 saturated carbocycles. The van der Waals surface area contributed by atoms with Crippen LogP contribution in [0.25, 0.3) is 11.3 Å². The quantitative estimate of drug-likeness (QED) is 0.510. The van der Waals surface area contributed by atoms with E-state index in [1.54, 1.807) is 24.3 Å². The minimum atomic E-state index is -0.279.